The molecule has 0 aliphatic carbocycles. The molecule has 0 saturated heterocycles. The standard InChI is InChI=1S/C23H24N2O3S/c1-3-4-5-8-13-28-19-12-11-16(14-20(19)27-2)15-21-22(26)25-18-10-7-6-9-17(18)24-23(25)29-21/h6-7,9-12,14-15H,3-5,8,13H2,1-2H3. The van der Waals surface area contributed by atoms with Crippen LogP contribution in [0, 0.1) is 0 Å². The third-order valence-corrected chi connectivity index (χ3v) is 5.85. The van der Waals surface area contributed by atoms with E-state index in [9.17, 15) is 4.79 Å². The number of thiazole rings is 1. The van der Waals surface area contributed by atoms with Gasteiger partial charge in [0.2, 0.25) is 0 Å². The lowest BCUT2D eigenvalue weighted by molar-refractivity contribution is 0.285. The molecule has 2 heterocycles. The van der Waals surface area contributed by atoms with Crippen LogP contribution >= 0.6 is 11.3 Å². The molecule has 0 N–H and O–H groups in total. The van der Waals surface area contributed by atoms with Crippen molar-refractivity contribution in [2.24, 2.45) is 0 Å². The molecule has 2 aromatic carbocycles. The van der Waals surface area contributed by atoms with E-state index in [-0.39, 0.29) is 5.56 Å². The van der Waals surface area contributed by atoms with Crippen molar-refractivity contribution >= 4 is 33.4 Å². The van der Waals surface area contributed by atoms with Crippen LogP contribution in [0.1, 0.15) is 38.2 Å². The first-order chi connectivity index (χ1) is 14.2. The number of unbranched alkanes of at least 4 members (excludes halogenated alkanes) is 3. The van der Waals surface area contributed by atoms with Crippen molar-refractivity contribution in [3.05, 3.63) is 62.9 Å². The number of hydrogen-bond donors (Lipinski definition) is 0. The van der Waals surface area contributed by atoms with Gasteiger partial charge in [-0.2, -0.15) is 0 Å². The summed E-state index contributed by atoms with van der Waals surface area (Å²) in [5.41, 5.74) is 2.53. The van der Waals surface area contributed by atoms with E-state index in [2.05, 4.69) is 11.9 Å². The van der Waals surface area contributed by atoms with Crippen LogP contribution in [-0.2, 0) is 0 Å². The van der Waals surface area contributed by atoms with Gasteiger partial charge in [-0.25, -0.2) is 9.38 Å². The summed E-state index contributed by atoms with van der Waals surface area (Å²) in [5, 5.41) is 0. The van der Waals surface area contributed by atoms with Gasteiger partial charge in [-0.3, -0.25) is 4.79 Å². The van der Waals surface area contributed by atoms with Crippen molar-refractivity contribution in [1.29, 1.82) is 0 Å². The number of imidazole rings is 1. The molecule has 0 aliphatic heterocycles. The van der Waals surface area contributed by atoms with E-state index < -0.39 is 0 Å². The highest BCUT2D eigenvalue weighted by molar-refractivity contribution is 7.15. The van der Waals surface area contributed by atoms with Gasteiger partial charge in [-0.15, -0.1) is 0 Å². The highest BCUT2D eigenvalue weighted by atomic mass is 32.1. The van der Waals surface area contributed by atoms with E-state index in [1.54, 1.807) is 11.5 Å². The Morgan fingerprint density at radius 2 is 1.97 bits per heavy atom. The highest BCUT2D eigenvalue weighted by Gasteiger charge is 2.11. The van der Waals surface area contributed by atoms with E-state index in [4.69, 9.17) is 9.47 Å². The van der Waals surface area contributed by atoms with Crippen LogP contribution in [0.25, 0.3) is 22.1 Å². The van der Waals surface area contributed by atoms with Crippen LogP contribution in [-0.4, -0.2) is 23.1 Å². The summed E-state index contributed by atoms with van der Waals surface area (Å²) in [4.78, 5) is 18.2. The molecule has 0 fully saturated rings. The van der Waals surface area contributed by atoms with Crippen LogP contribution in [0.15, 0.2) is 47.3 Å². The molecule has 0 saturated carbocycles. The summed E-state index contributed by atoms with van der Waals surface area (Å²) in [5.74, 6) is 1.41. The van der Waals surface area contributed by atoms with Crippen LogP contribution in [0.3, 0.4) is 0 Å². The maximum atomic E-state index is 12.9. The van der Waals surface area contributed by atoms with Gasteiger partial charge in [0.15, 0.2) is 16.5 Å². The lowest BCUT2D eigenvalue weighted by Gasteiger charge is -2.11. The molecule has 0 radical (unpaired) electrons. The number of fused-ring (bicyclic) bond motifs is 3. The first kappa shape index (κ1) is 19.5. The second kappa shape index (κ2) is 8.66. The molecule has 0 unspecified atom stereocenters. The Bertz CT molecular complexity index is 1240. The topological polar surface area (TPSA) is 52.8 Å². The van der Waals surface area contributed by atoms with E-state index in [0.29, 0.717) is 21.8 Å². The first-order valence-corrected chi connectivity index (χ1v) is 10.8. The van der Waals surface area contributed by atoms with Crippen molar-refractivity contribution in [3.63, 3.8) is 0 Å². The molecule has 150 valence electrons. The van der Waals surface area contributed by atoms with Gasteiger partial charge in [0.25, 0.3) is 5.56 Å². The number of ether oxygens (including phenoxy) is 2. The molecule has 29 heavy (non-hydrogen) atoms. The number of aromatic nitrogens is 2. The van der Waals surface area contributed by atoms with Gasteiger partial charge >= 0.3 is 0 Å². The van der Waals surface area contributed by atoms with Crippen LogP contribution in [0.4, 0.5) is 0 Å². The third-order valence-electron chi connectivity index (χ3n) is 4.89. The predicted octanol–water partition coefficient (Wildman–Crippen LogP) is 4.42. The number of rotatable bonds is 8. The Balaban J connectivity index is 1.62. The fraction of sp³-hybridized carbons (Fsp3) is 0.304. The zero-order valence-corrected chi connectivity index (χ0v) is 17.5. The van der Waals surface area contributed by atoms with E-state index in [1.807, 2.05) is 48.5 Å². The number of methoxy groups -OCH3 is 1. The molecule has 6 heteroatoms. The second-order valence-electron chi connectivity index (χ2n) is 6.95. The Morgan fingerprint density at radius 3 is 2.79 bits per heavy atom. The summed E-state index contributed by atoms with van der Waals surface area (Å²) in [6.45, 7) is 2.87. The third kappa shape index (κ3) is 3.98. The molecule has 0 spiro atoms. The maximum Gasteiger partial charge on any atom is 0.274 e. The van der Waals surface area contributed by atoms with Crippen molar-refractivity contribution in [1.82, 2.24) is 9.38 Å². The Labute approximate surface area is 173 Å². The Morgan fingerprint density at radius 1 is 1.10 bits per heavy atom. The largest absolute Gasteiger partial charge is 0.493 e. The molecular formula is C23H24N2O3S. The van der Waals surface area contributed by atoms with Gasteiger partial charge in [-0.1, -0.05) is 55.7 Å². The maximum absolute atomic E-state index is 12.9. The van der Waals surface area contributed by atoms with E-state index in [0.717, 1.165) is 28.8 Å². The average molecular weight is 409 g/mol. The molecular weight excluding hydrogens is 384 g/mol. The minimum atomic E-state index is -0.0473. The summed E-state index contributed by atoms with van der Waals surface area (Å²) in [6, 6.07) is 13.4. The molecule has 2 aromatic heterocycles. The first-order valence-electron chi connectivity index (χ1n) is 9.94. The SMILES string of the molecule is CCCCCCOc1ccc(C=c2sc3nc4ccccc4n3c2=O)cc1OC. The Kier molecular flexibility index (Phi) is 5.81. The lowest BCUT2D eigenvalue weighted by atomic mass is 10.2. The second-order valence-corrected chi connectivity index (χ2v) is 7.96. The summed E-state index contributed by atoms with van der Waals surface area (Å²) < 4.78 is 13.7. The predicted molar refractivity (Wildman–Crippen MR) is 118 cm³/mol. The van der Waals surface area contributed by atoms with Gasteiger partial charge < -0.3 is 9.47 Å². The molecule has 4 rings (SSSR count). The quantitative estimate of drug-likeness (QED) is 0.405. The molecule has 4 aromatic rings. The van der Waals surface area contributed by atoms with E-state index >= 15 is 0 Å². The smallest absolute Gasteiger partial charge is 0.274 e. The van der Waals surface area contributed by atoms with Crippen LogP contribution in [0.5, 0.6) is 11.5 Å². The van der Waals surface area contributed by atoms with Crippen molar-refractivity contribution in [2.75, 3.05) is 13.7 Å². The minimum Gasteiger partial charge on any atom is -0.493 e. The fourth-order valence-electron chi connectivity index (χ4n) is 3.37. The molecule has 5 nitrogen and oxygen atoms in total. The zero-order chi connectivity index (χ0) is 20.2. The molecule has 0 aliphatic rings. The number of nitrogens with zero attached hydrogens (tertiary/aromatic N) is 2. The number of benzene rings is 2. The van der Waals surface area contributed by atoms with Crippen LogP contribution < -0.4 is 19.6 Å². The molecule has 0 bridgehead atoms. The number of hydrogen-bond acceptors (Lipinski definition) is 5. The number of para-hydroxylation sites is 2. The van der Waals surface area contributed by atoms with Crippen LogP contribution in [0.2, 0.25) is 0 Å². The monoisotopic (exact) mass is 408 g/mol. The zero-order valence-electron chi connectivity index (χ0n) is 16.7. The molecule has 0 atom stereocenters. The van der Waals surface area contributed by atoms with Crippen molar-refractivity contribution in [2.45, 2.75) is 32.6 Å². The average Bonchev–Trinajstić information content (AvgIpc) is 3.25. The van der Waals surface area contributed by atoms with Gasteiger partial charge in [0.05, 0.1) is 29.3 Å². The summed E-state index contributed by atoms with van der Waals surface area (Å²) in [6.07, 6.45) is 6.52. The van der Waals surface area contributed by atoms with E-state index in [1.165, 1.54) is 30.6 Å². The normalized spacial score (nSPS) is 12.1. The Hall–Kier alpha value is -2.86. The lowest BCUT2D eigenvalue weighted by Crippen LogP contribution is -2.22. The summed E-state index contributed by atoms with van der Waals surface area (Å²) in [7, 11) is 1.63. The van der Waals surface area contributed by atoms with Gasteiger partial charge in [0.1, 0.15) is 0 Å². The van der Waals surface area contributed by atoms with Crippen molar-refractivity contribution in [3.8, 4) is 11.5 Å². The summed E-state index contributed by atoms with van der Waals surface area (Å²) >= 11 is 1.40. The van der Waals surface area contributed by atoms with Gasteiger partial charge in [-0.05, 0) is 42.3 Å². The molecule has 0 amide bonds. The fourth-order valence-corrected chi connectivity index (χ4v) is 4.35. The minimum absolute atomic E-state index is 0.0473. The van der Waals surface area contributed by atoms with Crippen molar-refractivity contribution < 1.29 is 9.47 Å². The highest BCUT2D eigenvalue weighted by Crippen LogP contribution is 2.28. The van der Waals surface area contributed by atoms with Gasteiger partial charge in [0, 0.05) is 0 Å².